The Labute approximate surface area is 203 Å². The molecule has 0 spiro atoms. The number of fused-ring (bicyclic) bond motifs is 5. The minimum Gasteiger partial charge on any atom is -0.493 e. The van der Waals surface area contributed by atoms with Gasteiger partial charge in [-0.15, -0.1) is 12.4 Å². The Morgan fingerprint density at radius 2 is 2.06 bits per heavy atom. The molecule has 9 heteroatoms. The van der Waals surface area contributed by atoms with Gasteiger partial charge in [-0.2, -0.15) is 0 Å². The number of nitrogens with zero attached hydrogens (tertiary/aromatic N) is 2. The molecule has 8 nitrogen and oxygen atoms in total. The summed E-state index contributed by atoms with van der Waals surface area (Å²) in [5.41, 5.74) is 8.24. The van der Waals surface area contributed by atoms with Crippen LogP contribution in [0.1, 0.15) is 48.9 Å². The number of rotatable bonds is 6. The van der Waals surface area contributed by atoms with Gasteiger partial charge in [0.25, 0.3) is 5.56 Å². The van der Waals surface area contributed by atoms with Crippen LogP contribution in [0, 0.1) is 0 Å². The Balaban J connectivity index is 0.00000274. The summed E-state index contributed by atoms with van der Waals surface area (Å²) in [5.74, 6) is 0.0204. The van der Waals surface area contributed by atoms with Crippen LogP contribution in [0.4, 0.5) is 0 Å². The van der Waals surface area contributed by atoms with E-state index in [-0.39, 0.29) is 31.0 Å². The van der Waals surface area contributed by atoms with Gasteiger partial charge in [-0.05, 0) is 49.6 Å². The maximum Gasteiger partial charge on any atom is 0.343 e. The van der Waals surface area contributed by atoms with Crippen molar-refractivity contribution < 1.29 is 19.4 Å². The third-order valence-electron chi connectivity index (χ3n) is 6.71. The Bertz CT molecular complexity index is 1350. The molecule has 180 valence electrons. The van der Waals surface area contributed by atoms with Crippen molar-refractivity contribution in [2.75, 3.05) is 13.2 Å². The summed E-state index contributed by atoms with van der Waals surface area (Å²) in [6, 6.07) is 7.75. The molecule has 3 aromatic rings. The van der Waals surface area contributed by atoms with E-state index in [1.165, 1.54) is 0 Å². The molecule has 0 unspecified atom stereocenters. The van der Waals surface area contributed by atoms with Gasteiger partial charge in [0, 0.05) is 16.5 Å². The Morgan fingerprint density at radius 1 is 1.26 bits per heavy atom. The van der Waals surface area contributed by atoms with Crippen LogP contribution >= 0.6 is 12.4 Å². The summed E-state index contributed by atoms with van der Waals surface area (Å²) < 4.78 is 12.8. The van der Waals surface area contributed by atoms with Crippen LogP contribution in [0.3, 0.4) is 0 Å². The minimum absolute atomic E-state index is 0. The molecule has 0 amide bonds. The van der Waals surface area contributed by atoms with E-state index in [1.807, 2.05) is 18.2 Å². The van der Waals surface area contributed by atoms with Crippen LogP contribution in [0.25, 0.3) is 22.3 Å². The molecular formula is C25H28ClN3O5. The first-order valence-electron chi connectivity index (χ1n) is 11.4. The third kappa shape index (κ3) is 3.48. The zero-order valence-electron chi connectivity index (χ0n) is 19.2. The Morgan fingerprint density at radius 3 is 2.76 bits per heavy atom. The lowest BCUT2D eigenvalue weighted by Crippen LogP contribution is -2.44. The number of ether oxygens (including phenoxy) is 2. The number of halogens is 1. The fraction of sp³-hybridized carbons (Fsp3) is 0.400. The van der Waals surface area contributed by atoms with Gasteiger partial charge in [-0.25, -0.2) is 9.78 Å². The smallest absolute Gasteiger partial charge is 0.343 e. The number of aliphatic hydroxyl groups is 1. The first-order chi connectivity index (χ1) is 15.9. The molecule has 3 N–H and O–H groups in total. The maximum atomic E-state index is 13.3. The highest BCUT2D eigenvalue weighted by Crippen LogP contribution is 2.40. The third-order valence-corrected chi connectivity index (χ3v) is 6.71. The summed E-state index contributed by atoms with van der Waals surface area (Å²) in [5, 5.41) is 11.9. The van der Waals surface area contributed by atoms with Crippen LogP contribution in [-0.2, 0) is 34.7 Å². The Kier molecular flexibility index (Phi) is 6.42. The molecule has 0 aliphatic carbocycles. The molecule has 4 heterocycles. The summed E-state index contributed by atoms with van der Waals surface area (Å²) in [6.07, 6.45) is 1.66. The molecule has 1 aromatic carbocycles. The van der Waals surface area contributed by atoms with Crippen LogP contribution < -0.4 is 16.0 Å². The second-order valence-corrected chi connectivity index (χ2v) is 8.56. The maximum absolute atomic E-state index is 13.3. The van der Waals surface area contributed by atoms with Crippen LogP contribution in [-0.4, -0.2) is 33.8 Å². The van der Waals surface area contributed by atoms with E-state index in [2.05, 4.69) is 6.92 Å². The van der Waals surface area contributed by atoms with E-state index in [4.69, 9.17) is 20.2 Å². The fourth-order valence-electron chi connectivity index (χ4n) is 4.77. The zero-order chi connectivity index (χ0) is 23.3. The average Bonchev–Trinajstić information content (AvgIpc) is 3.19. The van der Waals surface area contributed by atoms with Gasteiger partial charge < -0.3 is 24.9 Å². The monoisotopic (exact) mass is 485 g/mol. The number of aryl methyl sites for hydroxylation is 1. The van der Waals surface area contributed by atoms with Crippen molar-refractivity contribution >= 4 is 29.3 Å². The highest BCUT2D eigenvalue weighted by molar-refractivity contribution is 5.91. The summed E-state index contributed by atoms with van der Waals surface area (Å²) in [7, 11) is 0. The predicted octanol–water partition coefficient (Wildman–Crippen LogP) is 2.79. The number of pyridine rings is 2. The predicted molar refractivity (Wildman–Crippen MR) is 130 cm³/mol. The van der Waals surface area contributed by atoms with Crippen molar-refractivity contribution in [3.05, 3.63) is 56.9 Å². The molecule has 2 aliphatic heterocycles. The van der Waals surface area contributed by atoms with Crippen molar-refractivity contribution in [1.29, 1.82) is 0 Å². The molecule has 34 heavy (non-hydrogen) atoms. The van der Waals surface area contributed by atoms with Gasteiger partial charge in [-0.1, -0.05) is 19.9 Å². The van der Waals surface area contributed by atoms with E-state index in [0.717, 1.165) is 40.6 Å². The molecule has 1 atom stereocenters. The summed E-state index contributed by atoms with van der Waals surface area (Å²) in [4.78, 5) is 30.7. The van der Waals surface area contributed by atoms with Crippen molar-refractivity contribution in [2.45, 2.75) is 51.9 Å². The largest absolute Gasteiger partial charge is 0.493 e. The van der Waals surface area contributed by atoms with Gasteiger partial charge in [0.15, 0.2) is 5.60 Å². The number of esters is 1. The Hall–Kier alpha value is -2.94. The standard InChI is InChI=1S/C25H27N3O5.ClH/c1-3-14-6-7-20(32-9-5-8-26)16-10-15-12-28-19(22(15)27-21(14)16)11-18-17(23(28)29)13-33-24(30)25(18,31)4-2;/h6-7,10-11,31H,3-5,8-9,12-13,26H2,1-2H3;1H/t25-;/m0./s1. The lowest BCUT2D eigenvalue weighted by Gasteiger charge is -2.31. The number of cyclic esters (lactones) is 1. The van der Waals surface area contributed by atoms with Gasteiger partial charge >= 0.3 is 5.97 Å². The van der Waals surface area contributed by atoms with Crippen molar-refractivity contribution in [2.24, 2.45) is 5.73 Å². The van der Waals surface area contributed by atoms with Crippen LogP contribution in [0.15, 0.2) is 29.1 Å². The van der Waals surface area contributed by atoms with E-state index in [0.29, 0.717) is 42.2 Å². The van der Waals surface area contributed by atoms with E-state index < -0.39 is 11.6 Å². The molecule has 0 bridgehead atoms. The SMILES string of the molecule is CCc1ccc(OCCCN)c2cc3c(nc12)-c1cc2c(c(=O)n1C3)COC(=O)[C@]2(O)CC.Cl. The van der Waals surface area contributed by atoms with E-state index in [9.17, 15) is 14.7 Å². The van der Waals surface area contributed by atoms with E-state index >= 15 is 0 Å². The van der Waals surface area contributed by atoms with Crippen molar-refractivity contribution in [1.82, 2.24) is 9.55 Å². The summed E-state index contributed by atoms with van der Waals surface area (Å²) in [6.45, 7) is 5.06. The second-order valence-electron chi connectivity index (χ2n) is 8.56. The topological polar surface area (TPSA) is 117 Å². The molecule has 2 aliphatic rings. The number of hydrogen-bond acceptors (Lipinski definition) is 7. The normalized spacial score (nSPS) is 18.1. The molecule has 0 saturated carbocycles. The highest BCUT2D eigenvalue weighted by Gasteiger charge is 2.45. The summed E-state index contributed by atoms with van der Waals surface area (Å²) >= 11 is 0. The lowest BCUT2D eigenvalue weighted by atomic mass is 9.86. The zero-order valence-corrected chi connectivity index (χ0v) is 20.0. The number of nitrogens with two attached hydrogens (primary N) is 1. The van der Waals surface area contributed by atoms with Crippen LogP contribution in [0.2, 0.25) is 0 Å². The number of aromatic nitrogens is 2. The molecule has 2 aromatic heterocycles. The number of benzene rings is 1. The highest BCUT2D eigenvalue weighted by atomic mass is 35.5. The lowest BCUT2D eigenvalue weighted by molar-refractivity contribution is -0.172. The number of carbonyl (C=O) groups is 1. The molecular weight excluding hydrogens is 458 g/mol. The van der Waals surface area contributed by atoms with Gasteiger partial charge in [0.2, 0.25) is 0 Å². The first-order valence-corrected chi connectivity index (χ1v) is 11.4. The van der Waals surface area contributed by atoms with Crippen molar-refractivity contribution in [3.8, 4) is 17.1 Å². The minimum atomic E-state index is -1.83. The average molecular weight is 486 g/mol. The first kappa shape index (κ1) is 24.2. The number of hydrogen-bond donors (Lipinski definition) is 2. The van der Waals surface area contributed by atoms with Gasteiger partial charge in [0.1, 0.15) is 12.4 Å². The quantitative estimate of drug-likeness (QED) is 0.318. The molecule has 0 radical (unpaired) electrons. The van der Waals surface area contributed by atoms with Gasteiger partial charge in [0.05, 0.1) is 35.6 Å². The fourth-order valence-corrected chi connectivity index (χ4v) is 4.77. The second kappa shape index (κ2) is 9.02. The van der Waals surface area contributed by atoms with Crippen LogP contribution in [0.5, 0.6) is 5.75 Å². The van der Waals surface area contributed by atoms with Gasteiger partial charge in [-0.3, -0.25) is 4.79 Å². The molecule has 0 fully saturated rings. The van der Waals surface area contributed by atoms with Crippen molar-refractivity contribution in [3.63, 3.8) is 0 Å². The number of carbonyl (C=O) groups excluding carboxylic acids is 1. The molecule has 0 saturated heterocycles. The molecule has 5 rings (SSSR count). The van der Waals surface area contributed by atoms with E-state index in [1.54, 1.807) is 17.6 Å².